The van der Waals surface area contributed by atoms with E-state index < -0.39 is 5.97 Å². The second kappa shape index (κ2) is 7.98. The number of esters is 1. The van der Waals surface area contributed by atoms with Crippen LogP contribution in [0.4, 0.5) is 0 Å². The lowest BCUT2D eigenvalue weighted by Gasteiger charge is -2.09. The Kier molecular flexibility index (Phi) is 5.04. The summed E-state index contributed by atoms with van der Waals surface area (Å²) >= 11 is 3.21. The third-order valence-electron chi connectivity index (χ3n) is 4.89. The number of carbonyl (C=O) groups excluding carboxylic acids is 1. The molecular weight excluding hydrogens is 456 g/mol. The third-order valence-corrected chi connectivity index (χ3v) is 5.32. The van der Waals surface area contributed by atoms with Gasteiger partial charge in [-0.2, -0.15) is 0 Å². The molecular formula is C21H17BrN2O6. The molecule has 3 heterocycles. The highest BCUT2D eigenvalue weighted by Gasteiger charge is 2.18. The van der Waals surface area contributed by atoms with Gasteiger partial charge in [0.15, 0.2) is 23.6 Å². The lowest BCUT2D eigenvalue weighted by atomic mass is 9.96. The summed E-state index contributed by atoms with van der Waals surface area (Å²) in [7, 11) is 0. The van der Waals surface area contributed by atoms with E-state index in [1.807, 2.05) is 12.1 Å². The Morgan fingerprint density at radius 3 is 2.83 bits per heavy atom. The van der Waals surface area contributed by atoms with Gasteiger partial charge in [0.2, 0.25) is 0 Å². The minimum absolute atomic E-state index is 0.147. The molecule has 0 bridgehead atoms. The molecule has 0 saturated carbocycles. The standard InChI is InChI=1S/C21H17BrN2O6/c22-18-8-7-17(29-18)21-24-23-19(30-21)10-27-20(25)11-26-12-5-6-16-14(9-12)13-3-1-2-4-15(13)28-16/h5-9H,1-4,10-11H2. The summed E-state index contributed by atoms with van der Waals surface area (Å²) in [5, 5.41) is 8.76. The fraction of sp³-hybridized carbons (Fsp3) is 0.286. The van der Waals surface area contributed by atoms with Crippen molar-refractivity contribution >= 4 is 32.9 Å². The van der Waals surface area contributed by atoms with E-state index in [1.165, 1.54) is 5.56 Å². The van der Waals surface area contributed by atoms with E-state index in [9.17, 15) is 4.79 Å². The van der Waals surface area contributed by atoms with Gasteiger partial charge in [0.05, 0.1) is 0 Å². The number of fused-ring (bicyclic) bond motifs is 3. The molecule has 5 rings (SSSR count). The summed E-state index contributed by atoms with van der Waals surface area (Å²) in [4.78, 5) is 12.0. The molecule has 0 fully saturated rings. The third kappa shape index (κ3) is 3.85. The maximum absolute atomic E-state index is 12.0. The number of carbonyl (C=O) groups is 1. The van der Waals surface area contributed by atoms with E-state index in [0.717, 1.165) is 42.4 Å². The minimum atomic E-state index is -0.537. The highest BCUT2D eigenvalue weighted by atomic mass is 79.9. The van der Waals surface area contributed by atoms with Gasteiger partial charge in [0, 0.05) is 17.4 Å². The van der Waals surface area contributed by atoms with Gasteiger partial charge in [-0.1, -0.05) is 0 Å². The Hall–Kier alpha value is -3.07. The number of ether oxygens (including phenoxy) is 2. The number of halogens is 1. The first-order valence-electron chi connectivity index (χ1n) is 9.56. The van der Waals surface area contributed by atoms with Crippen LogP contribution in [-0.4, -0.2) is 22.8 Å². The van der Waals surface area contributed by atoms with Crippen LogP contribution in [0.15, 0.2) is 48.3 Å². The monoisotopic (exact) mass is 472 g/mol. The average Bonchev–Trinajstić information content (AvgIpc) is 3.48. The van der Waals surface area contributed by atoms with Crippen LogP contribution in [0, 0.1) is 0 Å². The molecule has 154 valence electrons. The van der Waals surface area contributed by atoms with Gasteiger partial charge in [-0.05, 0) is 65.5 Å². The van der Waals surface area contributed by atoms with Crippen molar-refractivity contribution in [3.8, 4) is 17.4 Å². The topological polar surface area (TPSA) is 101 Å². The molecule has 30 heavy (non-hydrogen) atoms. The molecule has 0 radical (unpaired) electrons. The van der Waals surface area contributed by atoms with Gasteiger partial charge < -0.3 is 22.7 Å². The molecule has 3 aromatic heterocycles. The van der Waals surface area contributed by atoms with Crippen LogP contribution in [0.2, 0.25) is 0 Å². The summed E-state index contributed by atoms with van der Waals surface area (Å²) in [6.45, 7) is -0.372. The van der Waals surface area contributed by atoms with Crippen LogP contribution in [0.3, 0.4) is 0 Å². The van der Waals surface area contributed by atoms with E-state index in [4.69, 9.17) is 22.7 Å². The van der Waals surface area contributed by atoms with Crippen molar-refractivity contribution in [2.24, 2.45) is 0 Å². The van der Waals surface area contributed by atoms with Gasteiger partial charge >= 0.3 is 5.97 Å². The number of aromatic nitrogens is 2. The minimum Gasteiger partial charge on any atom is -0.482 e. The summed E-state index contributed by atoms with van der Waals surface area (Å²) in [6.07, 6.45) is 4.30. The number of rotatable bonds is 6. The highest BCUT2D eigenvalue weighted by molar-refractivity contribution is 9.10. The van der Waals surface area contributed by atoms with Crippen LogP contribution in [0.1, 0.15) is 30.1 Å². The van der Waals surface area contributed by atoms with Crippen molar-refractivity contribution < 1.29 is 27.5 Å². The molecule has 0 amide bonds. The number of furan rings is 2. The van der Waals surface area contributed by atoms with Crippen LogP contribution in [-0.2, 0) is 29.0 Å². The van der Waals surface area contributed by atoms with Crippen molar-refractivity contribution in [2.75, 3.05) is 6.61 Å². The summed E-state index contributed by atoms with van der Waals surface area (Å²) in [6, 6.07) is 8.99. The second-order valence-corrected chi connectivity index (χ2v) is 7.70. The predicted molar refractivity (Wildman–Crippen MR) is 108 cm³/mol. The second-order valence-electron chi connectivity index (χ2n) is 6.92. The molecule has 4 aromatic rings. The fourth-order valence-corrected chi connectivity index (χ4v) is 3.81. The molecule has 8 nitrogen and oxygen atoms in total. The largest absolute Gasteiger partial charge is 0.482 e. The van der Waals surface area contributed by atoms with Crippen molar-refractivity contribution in [1.29, 1.82) is 0 Å². The van der Waals surface area contributed by atoms with Gasteiger partial charge in [-0.25, -0.2) is 4.79 Å². The Balaban J connectivity index is 1.17. The van der Waals surface area contributed by atoms with Gasteiger partial charge in [0.25, 0.3) is 11.8 Å². The zero-order valence-electron chi connectivity index (χ0n) is 15.9. The number of hydrogen-bond acceptors (Lipinski definition) is 8. The summed E-state index contributed by atoms with van der Waals surface area (Å²) < 4.78 is 28.0. The van der Waals surface area contributed by atoms with Gasteiger partial charge in [0.1, 0.15) is 17.1 Å². The first kappa shape index (κ1) is 18.9. The Bertz CT molecular complexity index is 1210. The van der Waals surface area contributed by atoms with Crippen LogP contribution >= 0.6 is 15.9 Å². The van der Waals surface area contributed by atoms with E-state index >= 15 is 0 Å². The van der Waals surface area contributed by atoms with Gasteiger partial charge in [-0.15, -0.1) is 10.2 Å². The SMILES string of the molecule is O=C(COc1ccc2oc3c(c2c1)CCCC3)OCc1nnc(-c2ccc(Br)o2)o1. The molecule has 1 aliphatic rings. The quantitative estimate of drug-likeness (QED) is 0.367. The van der Waals surface area contributed by atoms with E-state index in [1.54, 1.807) is 18.2 Å². The van der Waals surface area contributed by atoms with Gasteiger partial charge in [-0.3, -0.25) is 0 Å². The van der Waals surface area contributed by atoms with Crippen molar-refractivity contribution in [3.63, 3.8) is 0 Å². The maximum atomic E-state index is 12.0. The van der Waals surface area contributed by atoms with Crippen molar-refractivity contribution in [2.45, 2.75) is 32.3 Å². The zero-order valence-corrected chi connectivity index (χ0v) is 17.4. The Morgan fingerprint density at radius 1 is 1.07 bits per heavy atom. The van der Waals surface area contributed by atoms with E-state index in [-0.39, 0.29) is 25.0 Å². The molecule has 1 aromatic carbocycles. The average molecular weight is 473 g/mol. The molecule has 0 aliphatic heterocycles. The molecule has 0 unspecified atom stereocenters. The van der Waals surface area contributed by atoms with Crippen LogP contribution in [0.5, 0.6) is 5.75 Å². The number of aryl methyl sites for hydroxylation is 2. The molecule has 9 heteroatoms. The molecule has 0 N–H and O–H groups in total. The maximum Gasteiger partial charge on any atom is 0.344 e. The van der Waals surface area contributed by atoms with E-state index in [0.29, 0.717) is 16.2 Å². The number of nitrogens with zero attached hydrogens (tertiary/aromatic N) is 2. The van der Waals surface area contributed by atoms with Crippen molar-refractivity contribution in [1.82, 2.24) is 10.2 Å². The Morgan fingerprint density at radius 2 is 1.97 bits per heavy atom. The molecule has 0 atom stereocenters. The van der Waals surface area contributed by atoms with E-state index in [2.05, 4.69) is 26.1 Å². The van der Waals surface area contributed by atoms with Crippen molar-refractivity contribution in [3.05, 3.63) is 52.2 Å². The Labute approximate surface area is 179 Å². The fourth-order valence-electron chi connectivity index (χ4n) is 3.50. The van der Waals surface area contributed by atoms with Crippen LogP contribution < -0.4 is 4.74 Å². The number of hydrogen-bond donors (Lipinski definition) is 0. The molecule has 0 saturated heterocycles. The smallest absolute Gasteiger partial charge is 0.344 e. The summed E-state index contributed by atoms with van der Waals surface area (Å²) in [5.41, 5.74) is 2.10. The first-order valence-corrected chi connectivity index (χ1v) is 10.4. The highest BCUT2D eigenvalue weighted by Crippen LogP contribution is 2.34. The first-order chi connectivity index (χ1) is 14.7. The predicted octanol–water partition coefficient (Wildman–Crippen LogP) is 4.84. The van der Waals surface area contributed by atoms with Crippen LogP contribution in [0.25, 0.3) is 22.6 Å². The summed E-state index contributed by atoms with van der Waals surface area (Å²) in [5.74, 6) is 1.92. The molecule has 1 aliphatic carbocycles. The normalized spacial score (nSPS) is 13.4. The zero-order chi connectivity index (χ0) is 20.5. The lowest BCUT2D eigenvalue weighted by molar-refractivity contribution is -0.148. The molecule has 0 spiro atoms. The lowest BCUT2D eigenvalue weighted by Crippen LogP contribution is -2.14. The number of benzene rings is 1.